The SMILES string of the molecule is O=c1c2cnn(-c3ccccc3)c2ncn1CC=Cc1ccccc1. The van der Waals surface area contributed by atoms with E-state index < -0.39 is 0 Å². The first-order valence-electron chi connectivity index (χ1n) is 8.03. The number of rotatable bonds is 4. The maximum atomic E-state index is 12.7. The third kappa shape index (κ3) is 2.99. The van der Waals surface area contributed by atoms with Crippen LogP contribution in [0.5, 0.6) is 0 Å². The molecule has 0 saturated heterocycles. The monoisotopic (exact) mass is 328 g/mol. The standard InChI is InChI=1S/C20H16N4O/c25-20-18-14-22-24(17-11-5-2-6-12-17)19(18)21-15-23(20)13-7-10-16-8-3-1-4-9-16/h1-12,14-15H,13H2. The minimum Gasteiger partial charge on any atom is -0.295 e. The molecule has 0 aliphatic rings. The molecule has 0 unspecified atom stereocenters. The van der Waals surface area contributed by atoms with Gasteiger partial charge in [0.15, 0.2) is 5.65 Å². The number of nitrogens with zero attached hydrogens (tertiary/aromatic N) is 4. The Bertz CT molecular complexity index is 1080. The molecule has 0 aliphatic carbocycles. The Hall–Kier alpha value is -3.47. The van der Waals surface area contributed by atoms with Crippen LogP contribution in [0.2, 0.25) is 0 Å². The summed E-state index contributed by atoms with van der Waals surface area (Å²) in [5.74, 6) is 0. The molecule has 4 rings (SSSR count). The molecule has 0 N–H and O–H groups in total. The third-order valence-corrected chi connectivity index (χ3v) is 3.97. The number of hydrogen-bond acceptors (Lipinski definition) is 3. The van der Waals surface area contributed by atoms with E-state index in [1.54, 1.807) is 21.8 Å². The molecule has 0 spiro atoms. The normalized spacial score (nSPS) is 11.4. The van der Waals surface area contributed by atoms with E-state index >= 15 is 0 Å². The Morgan fingerprint density at radius 1 is 0.960 bits per heavy atom. The Labute approximate surface area is 144 Å². The van der Waals surface area contributed by atoms with Crippen LogP contribution in [-0.2, 0) is 6.54 Å². The van der Waals surface area contributed by atoms with Gasteiger partial charge in [-0.15, -0.1) is 0 Å². The fraction of sp³-hybridized carbons (Fsp3) is 0.0500. The molecule has 122 valence electrons. The summed E-state index contributed by atoms with van der Waals surface area (Å²) >= 11 is 0. The number of hydrogen-bond donors (Lipinski definition) is 0. The third-order valence-electron chi connectivity index (χ3n) is 3.97. The van der Waals surface area contributed by atoms with Gasteiger partial charge in [0.05, 0.1) is 11.9 Å². The second-order valence-corrected chi connectivity index (χ2v) is 5.64. The van der Waals surface area contributed by atoms with Gasteiger partial charge >= 0.3 is 0 Å². The molecular weight excluding hydrogens is 312 g/mol. The minimum absolute atomic E-state index is 0.0927. The molecule has 0 fully saturated rings. The number of para-hydroxylation sites is 1. The summed E-state index contributed by atoms with van der Waals surface area (Å²) in [5.41, 5.74) is 2.46. The van der Waals surface area contributed by atoms with E-state index in [4.69, 9.17) is 0 Å². The largest absolute Gasteiger partial charge is 0.295 e. The first-order valence-corrected chi connectivity index (χ1v) is 8.03. The van der Waals surface area contributed by atoms with Crippen molar-refractivity contribution in [3.05, 3.63) is 95.2 Å². The van der Waals surface area contributed by atoms with E-state index in [1.807, 2.05) is 72.8 Å². The molecule has 2 aromatic heterocycles. The molecule has 2 aromatic carbocycles. The smallest absolute Gasteiger partial charge is 0.264 e. The van der Waals surface area contributed by atoms with Gasteiger partial charge in [0.1, 0.15) is 11.7 Å². The lowest BCUT2D eigenvalue weighted by Crippen LogP contribution is -2.19. The van der Waals surface area contributed by atoms with Gasteiger partial charge in [0, 0.05) is 6.54 Å². The van der Waals surface area contributed by atoms with Crippen molar-refractivity contribution < 1.29 is 0 Å². The van der Waals surface area contributed by atoms with E-state index in [2.05, 4.69) is 10.1 Å². The molecule has 2 heterocycles. The summed E-state index contributed by atoms with van der Waals surface area (Å²) in [4.78, 5) is 17.1. The van der Waals surface area contributed by atoms with Gasteiger partial charge in [-0.25, -0.2) is 9.67 Å². The van der Waals surface area contributed by atoms with Crippen molar-refractivity contribution in [3.63, 3.8) is 0 Å². The van der Waals surface area contributed by atoms with Crippen molar-refractivity contribution in [2.45, 2.75) is 6.54 Å². The van der Waals surface area contributed by atoms with Crippen LogP contribution in [-0.4, -0.2) is 19.3 Å². The lowest BCUT2D eigenvalue weighted by atomic mass is 10.2. The number of benzene rings is 2. The Morgan fingerprint density at radius 2 is 1.68 bits per heavy atom. The Morgan fingerprint density at radius 3 is 2.44 bits per heavy atom. The van der Waals surface area contributed by atoms with Crippen molar-refractivity contribution in [2.24, 2.45) is 0 Å². The highest BCUT2D eigenvalue weighted by atomic mass is 16.1. The Kier molecular flexibility index (Phi) is 3.96. The van der Waals surface area contributed by atoms with Gasteiger partial charge in [-0.3, -0.25) is 9.36 Å². The topological polar surface area (TPSA) is 52.7 Å². The number of aromatic nitrogens is 4. The summed E-state index contributed by atoms with van der Waals surface area (Å²) in [6.45, 7) is 0.465. The van der Waals surface area contributed by atoms with E-state index in [-0.39, 0.29) is 5.56 Å². The zero-order valence-electron chi connectivity index (χ0n) is 13.5. The fourth-order valence-corrected chi connectivity index (χ4v) is 2.70. The van der Waals surface area contributed by atoms with E-state index in [9.17, 15) is 4.79 Å². The summed E-state index contributed by atoms with van der Waals surface area (Å²) in [6, 6.07) is 19.6. The molecule has 0 amide bonds. The molecule has 0 atom stereocenters. The highest BCUT2D eigenvalue weighted by molar-refractivity contribution is 5.74. The van der Waals surface area contributed by atoms with Crippen LogP contribution in [0.15, 0.2) is 84.1 Å². The summed E-state index contributed by atoms with van der Waals surface area (Å²) in [5, 5.41) is 4.83. The highest BCUT2D eigenvalue weighted by Gasteiger charge is 2.10. The van der Waals surface area contributed by atoms with Crippen LogP contribution in [0.25, 0.3) is 22.8 Å². The second-order valence-electron chi connectivity index (χ2n) is 5.64. The lowest BCUT2D eigenvalue weighted by Gasteiger charge is -2.04. The maximum absolute atomic E-state index is 12.7. The minimum atomic E-state index is -0.0927. The van der Waals surface area contributed by atoms with Crippen molar-refractivity contribution in [3.8, 4) is 5.69 Å². The molecule has 25 heavy (non-hydrogen) atoms. The summed E-state index contributed by atoms with van der Waals surface area (Å²) in [6.07, 6.45) is 7.09. The van der Waals surface area contributed by atoms with Crippen LogP contribution in [0, 0.1) is 0 Å². The van der Waals surface area contributed by atoms with Gasteiger partial charge in [-0.2, -0.15) is 5.10 Å². The lowest BCUT2D eigenvalue weighted by molar-refractivity contribution is 0.765. The predicted molar refractivity (Wildman–Crippen MR) is 98.6 cm³/mol. The van der Waals surface area contributed by atoms with Crippen LogP contribution in [0.3, 0.4) is 0 Å². The van der Waals surface area contributed by atoms with E-state index in [0.29, 0.717) is 17.6 Å². The number of allylic oxidation sites excluding steroid dienone is 1. The van der Waals surface area contributed by atoms with Gasteiger partial charge in [-0.1, -0.05) is 60.7 Å². The van der Waals surface area contributed by atoms with Gasteiger partial charge in [0.25, 0.3) is 5.56 Å². The van der Waals surface area contributed by atoms with Gasteiger partial charge < -0.3 is 0 Å². The van der Waals surface area contributed by atoms with Gasteiger partial charge in [0.2, 0.25) is 0 Å². The maximum Gasteiger partial charge on any atom is 0.264 e. The first kappa shape index (κ1) is 15.1. The van der Waals surface area contributed by atoms with E-state index in [0.717, 1.165) is 11.3 Å². The summed E-state index contributed by atoms with van der Waals surface area (Å²) < 4.78 is 3.26. The highest BCUT2D eigenvalue weighted by Crippen LogP contribution is 2.13. The average Bonchev–Trinajstić information content (AvgIpc) is 3.10. The van der Waals surface area contributed by atoms with E-state index in [1.165, 1.54) is 0 Å². The summed E-state index contributed by atoms with van der Waals surface area (Å²) in [7, 11) is 0. The molecule has 0 aliphatic heterocycles. The van der Waals surface area contributed by atoms with Crippen molar-refractivity contribution in [1.82, 2.24) is 19.3 Å². The van der Waals surface area contributed by atoms with Crippen LogP contribution < -0.4 is 5.56 Å². The molecule has 4 aromatic rings. The van der Waals surface area contributed by atoms with Crippen LogP contribution >= 0.6 is 0 Å². The fourth-order valence-electron chi connectivity index (χ4n) is 2.70. The predicted octanol–water partition coefficient (Wildman–Crippen LogP) is 3.30. The molecule has 5 heteroatoms. The first-order chi connectivity index (χ1) is 12.3. The van der Waals surface area contributed by atoms with Crippen molar-refractivity contribution in [2.75, 3.05) is 0 Å². The molecule has 0 saturated carbocycles. The van der Waals surface area contributed by atoms with Crippen molar-refractivity contribution >= 4 is 17.1 Å². The average molecular weight is 328 g/mol. The second kappa shape index (κ2) is 6.57. The zero-order chi connectivity index (χ0) is 17.1. The Balaban J connectivity index is 1.65. The van der Waals surface area contributed by atoms with Crippen LogP contribution in [0.1, 0.15) is 5.56 Å². The molecule has 5 nitrogen and oxygen atoms in total. The zero-order valence-corrected chi connectivity index (χ0v) is 13.5. The molecule has 0 radical (unpaired) electrons. The van der Waals surface area contributed by atoms with Gasteiger partial charge in [-0.05, 0) is 17.7 Å². The molecular formula is C20H16N4O. The van der Waals surface area contributed by atoms with Crippen molar-refractivity contribution in [1.29, 1.82) is 0 Å². The number of fused-ring (bicyclic) bond motifs is 1. The van der Waals surface area contributed by atoms with Crippen LogP contribution in [0.4, 0.5) is 0 Å². The quantitative estimate of drug-likeness (QED) is 0.577. The molecule has 0 bridgehead atoms.